The van der Waals surface area contributed by atoms with E-state index in [9.17, 15) is 0 Å². The molecule has 1 heterocycles. The van der Waals surface area contributed by atoms with Gasteiger partial charge in [-0.2, -0.15) is 0 Å². The molecule has 0 radical (unpaired) electrons. The molecule has 0 saturated carbocycles. The molecule has 2 heteroatoms. The van der Waals surface area contributed by atoms with Crippen LogP contribution in [0.4, 0.5) is 11.4 Å². The van der Waals surface area contributed by atoms with Gasteiger partial charge in [-0.15, -0.1) is 0 Å². The number of benzene rings is 2. The van der Waals surface area contributed by atoms with E-state index < -0.39 is 0 Å². The Morgan fingerprint density at radius 1 is 1.00 bits per heavy atom. The normalized spacial score (nSPS) is 14.1. The molecule has 3 rings (SSSR count). The van der Waals surface area contributed by atoms with E-state index in [1.54, 1.807) is 7.11 Å². The van der Waals surface area contributed by atoms with Gasteiger partial charge < -0.3 is 9.64 Å². The van der Waals surface area contributed by atoms with Crippen molar-refractivity contribution in [2.45, 2.75) is 26.7 Å². The lowest BCUT2D eigenvalue weighted by Crippen LogP contribution is -2.25. The zero-order chi connectivity index (χ0) is 14.1. The summed E-state index contributed by atoms with van der Waals surface area (Å²) < 4.78 is 5.68. The summed E-state index contributed by atoms with van der Waals surface area (Å²) in [5.74, 6) is 1.00. The van der Waals surface area contributed by atoms with Gasteiger partial charge in [-0.1, -0.05) is 24.3 Å². The minimum Gasteiger partial charge on any atom is -0.494 e. The molecular formula is C18H21NO. The Bertz CT molecular complexity index is 633. The molecule has 0 aromatic heterocycles. The highest BCUT2D eigenvalue weighted by molar-refractivity contribution is 5.74. The smallest absolute Gasteiger partial charge is 0.145 e. The van der Waals surface area contributed by atoms with Crippen LogP contribution in [-0.2, 0) is 6.42 Å². The van der Waals surface area contributed by atoms with Gasteiger partial charge in [0.15, 0.2) is 0 Å². The Hall–Kier alpha value is -1.96. The Morgan fingerprint density at radius 3 is 2.60 bits per heavy atom. The van der Waals surface area contributed by atoms with Gasteiger partial charge in [0.05, 0.1) is 12.8 Å². The fraction of sp³-hybridized carbons (Fsp3) is 0.333. The van der Waals surface area contributed by atoms with E-state index in [0.29, 0.717) is 0 Å². The highest BCUT2D eigenvalue weighted by atomic mass is 16.5. The van der Waals surface area contributed by atoms with Crippen LogP contribution in [0.1, 0.15) is 23.1 Å². The number of methoxy groups -OCH3 is 1. The van der Waals surface area contributed by atoms with E-state index in [2.05, 4.69) is 55.1 Å². The Kier molecular flexibility index (Phi) is 3.39. The first kappa shape index (κ1) is 13.0. The third-order valence-electron chi connectivity index (χ3n) is 4.26. The molecule has 0 N–H and O–H groups in total. The number of anilines is 2. The van der Waals surface area contributed by atoms with Crippen molar-refractivity contribution in [3.05, 3.63) is 53.1 Å². The molecule has 0 bridgehead atoms. The summed E-state index contributed by atoms with van der Waals surface area (Å²) in [7, 11) is 1.77. The quantitative estimate of drug-likeness (QED) is 0.799. The summed E-state index contributed by atoms with van der Waals surface area (Å²) in [6.07, 6.45) is 2.35. The summed E-state index contributed by atoms with van der Waals surface area (Å²) >= 11 is 0. The van der Waals surface area contributed by atoms with Crippen LogP contribution in [-0.4, -0.2) is 13.7 Å². The van der Waals surface area contributed by atoms with Gasteiger partial charge in [0, 0.05) is 12.2 Å². The second-order valence-electron chi connectivity index (χ2n) is 5.44. The molecule has 1 aliphatic rings. The number of ether oxygens (including phenoxy) is 1. The van der Waals surface area contributed by atoms with Gasteiger partial charge in [-0.25, -0.2) is 0 Å². The molecule has 0 atom stereocenters. The van der Waals surface area contributed by atoms with E-state index >= 15 is 0 Å². The Balaban J connectivity index is 2.13. The number of rotatable bonds is 2. The minimum atomic E-state index is 1.00. The highest BCUT2D eigenvalue weighted by Gasteiger charge is 2.21. The second-order valence-corrected chi connectivity index (χ2v) is 5.44. The standard InChI is InChI=1S/C18H21NO/c1-13-10-11-17(18(20-3)14(13)2)19-12-6-8-15-7-4-5-9-16(15)19/h4-5,7,9-11H,6,8,12H2,1-3H3. The number of hydrogen-bond acceptors (Lipinski definition) is 2. The molecule has 2 aromatic rings. The number of aryl methyl sites for hydroxylation is 2. The third-order valence-corrected chi connectivity index (χ3v) is 4.26. The third kappa shape index (κ3) is 2.05. The van der Waals surface area contributed by atoms with Gasteiger partial charge in [0.1, 0.15) is 5.75 Å². The molecule has 0 saturated heterocycles. The van der Waals surface area contributed by atoms with E-state index in [4.69, 9.17) is 4.74 Å². The first-order chi connectivity index (χ1) is 9.72. The average molecular weight is 267 g/mol. The van der Waals surface area contributed by atoms with Gasteiger partial charge in [-0.05, 0) is 55.5 Å². The summed E-state index contributed by atoms with van der Waals surface area (Å²) in [4.78, 5) is 2.39. The number of nitrogens with zero attached hydrogens (tertiary/aromatic N) is 1. The van der Waals surface area contributed by atoms with Crippen molar-refractivity contribution in [3.63, 3.8) is 0 Å². The van der Waals surface area contributed by atoms with Crippen molar-refractivity contribution in [1.82, 2.24) is 0 Å². The Morgan fingerprint density at radius 2 is 1.80 bits per heavy atom. The minimum absolute atomic E-state index is 1.00. The van der Waals surface area contributed by atoms with Crippen molar-refractivity contribution in [2.24, 2.45) is 0 Å². The summed E-state index contributed by atoms with van der Waals surface area (Å²) in [5, 5.41) is 0. The number of hydrogen-bond donors (Lipinski definition) is 0. The van der Waals surface area contributed by atoms with Crippen molar-refractivity contribution < 1.29 is 4.74 Å². The van der Waals surface area contributed by atoms with Crippen LogP contribution >= 0.6 is 0 Å². The fourth-order valence-corrected chi connectivity index (χ4v) is 3.03. The predicted octanol–water partition coefficient (Wildman–Crippen LogP) is 4.40. The van der Waals surface area contributed by atoms with Gasteiger partial charge in [0.2, 0.25) is 0 Å². The lowest BCUT2D eigenvalue weighted by molar-refractivity contribution is 0.411. The van der Waals surface area contributed by atoms with Crippen LogP contribution in [0.5, 0.6) is 5.75 Å². The lowest BCUT2D eigenvalue weighted by atomic mass is 9.99. The van der Waals surface area contributed by atoms with Gasteiger partial charge in [-0.3, -0.25) is 0 Å². The molecule has 20 heavy (non-hydrogen) atoms. The van der Waals surface area contributed by atoms with Crippen LogP contribution in [0.25, 0.3) is 0 Å². The van der Waals surface area contributed by atoms with Crippen LogP contribution in [0.3, 0.4) is 0 Å². The summed E-state index contributed by atoms with van der Waals surface area (Å²) in [6.45, 7) is 5.31. The van der Waals surface area contributed by atoms with E-state index in [-0.39, 0.29) is 0 Å². The molecule has 2 aromatic carbocycles. The molecule has 0 amide bonds. The molecule has 0 spiro atoms. The predicted molar refractivity (Wildman–Crippen MR) is 84.2 cm³/mol. The lowest BCUT2D eigenvalue weighted by Gasteiger charge is -2.33. The second kappa shape index (κ2) is 5.20. The fourth-order valence-electron chi connectivity index (χ4n) is 3.03. The van der Waals surface area contributed by atoms with Crippen LogP contribution in [0, 0.1) is 13.8 Å². The topological polar surface area (TPSA) is 12.5 Å². The molecule has 0 unspecified atom stereocenters. The first-order valence-electron chi connectivity index (χ1n) is 7.22. The van der Waals surface area contributed by atoms with Gasteiger partial charge >= 0.3 is 0 Å². The summed E-state index contributed by atoms with van der Waals surface area (Å²) in [6, 6.07) is 13.1. The SMILES string of the molecule is COc1c(N2CCCc3ccccc32)ccc(C)c1C. The number of fused-ring (bicyclic) bond motifs is 1. The highest BCUT2D eigenvalue weighted by Crippen LogP contribution is 2.40. The van der Waals surface area contributed by atoms with Crippen LogP contribution in [0.15, 0.2) is 36.4 Å². The molecule has 1 aliphatic heterocycles. The zero-order valence-corrected chi connectivity index (χ0v) is 12.4. The average Bonchev–Trinajstić information content (AvgIpc) is 2.49. The molecule has 104 valence electrons. The van der Waals surface area contributed by atoms with Crippen molar-refractivity contribution in [3.8, 4) is 5.75 Å². The van der Waals surface area contributed by atoms with E-state index in [0.717, 1.165) is 12.3 Å². The van der Waals surface area contributed by atoms with Crippen LogP contribution in [0.2, 0.25) is 0 Å². The maximum absolute atomic E-state index is 5.68. The van der Waals surface area contributed by atoms with E-state index in [1.165, 1.54) is 40.9 Å². The monoisotopic (exact) mass is 267 g/mol. The largest absolute Gasteiger partial charge is 0.494 e. The molecule has 0 fully saturated rings. The number of para-hydroxylation sites is 1. The summed E-state index contributed by atoms with van der Waals surface area (Å²) in [5.41, 5.74) is 6.44. The van der Waals surface area contributed by atoms with Crippen molar-refractivity contribution in [1.29, 1.82) is 0 Å². The maximum Gasteiger partial charge on any atom is 0.145 e. The first-order valence-corrected chi connectivity index (χ1v) is 7.22. The van der Waals surface area contributed by atoms with Crippen molar-refractivity contribution in [2.75, 3.05) is 18.6 Å². The van der Waals surface area contributed by atoms with Crippen LogP contribution < -0.4 is 9.64 Å². The molecule has 2 nitrogen and oxygen atoms in total. The van der Waals surface area contributed by atoms with Gasteiger partial charge in [0.25, 0.3) is 0 Å². The zero-order valence-electron chi connectivity index (χ0n) is 12.4. The maximum atomic E-state index is 5.68. The molecule has 0 aliphatic carbocycles. The molecular weight excluding hydrogens is 246 g/mol. The van der Waals surface area contributed by atoms with E-state index in [1.807, 2.05) is 0 Å². The van der Waals surface area contributed by atoms with Crippen molar-refractivity contribution >= 4 is 11.4 Å². The Labute approximate surface area is 121 Å².